The van der Waals surface area contributed by atoms with Crippen molar-refractivity contribution in [2.45, 2.75) is 67.5 Å². The van der Waals surface area contributed by atoms with Gasteiger partial charge in [0.15, 0.2) is 6.29 Å². The highest BCUT2D eigenvalue weighted by Gasteiger charge is 2.47. The Labute approximate surface area is 148 Å². The van der Waals surface area contributed by atoms with Crippen molar-refractivity contribution in [2.75, 3.05) is 19.0 Å². The average molecular weight is 386 g/mol. The second-order valence-electron chi connectivity index (χ2n) is 6.00. The van der Waals surface area contributed by atoms with Gasteiger partial charge >= 0.3 is 0 Å². The van der Waals surface area contributed by atoms with E-state index in [1.165, 1.54) is 11.8 Å². The highest BCUT2D eigenvalue weighted by Crippen LogP contribution is 2.29. The van der Waals surface area contributed by atoms with Gasteiger partial charge in [-0.2, -0.15) is 0 Å². The fraction of sp³-hybridized carbons (Fsp3) is 1.00. The minimum atomic E-state index is -1.58. The molecule has 0 bridgehead atoms. The number of hydrogen-bond acceptors (Lipinski definition) is 11. The van der Waals surface area contributed by atoms with Crippen LogP contribution < -0.4 is 0 Å². The molecule has 0 aliphatic carbocycles. The van der Waals surface area contributed by atoms with Gasteiger partial charge < -0.3 is 50.0 Å². The first-order valence-corrected chi connectivity index (χ1v) is 9.10. The summed E-state index contributed by atoms with van der Waals surface area (Å²) in [6, 6.07) is 0. The molecule has 2 rings (SSSR count). The van der Waals surface area contributed by atoms with Gasteiger partial charge in [0.05, 0.1) is 13.2 Å². The van der Waals surface area contributed by atoms with Crippen LogP contribution in [0.5, 0.6) is 0 Å². The molecule has 2 aliphatic heterocycles. The van der Waals surface area contributed by atoms with Crippen LogP contribution in [0, 0.1) is 0 Å². The van der Waals surface area contributed by atoms with Crippen LogP contribution in [0.1, 0.15) is 6.92 Å². The predicted octanol–water partition coefficient (Wildman–Crippen LogP) is -3.64. The summed E-state index contributed by atoms with van der Waals surface area (Å²) in [6.07, 6.45) is -12.3. The third kappa shape index (κ3) is 4.62. The normalized spacial score (nSPS) is 48.5. The number of thioether (sulfide) groups is 1. The minimum absolute atomic E-state index is 0.311. The quantitative estimate of drug-likeness (QED) is 0.240. The zero-order chi connectivity index (χ0) is 18.7. The van der Waals surface area contributed by atoms with Gasteiger partial charge in [-0.3, -0.25) is 0 Å². The van der Waals surface area contributed by atoms with Gasteiger partial charge in [-0.05, 0) is 5.75 Å². The van der Waals surface area contributed by atoms with Crippen molar-refractivity contribution in [2.24, 2.45) is 0 Å². The second kappa shape index (κ2) is 9.24. The molecule has 0 amide bonds. The van der Waals surface area contributed by atoms with Gasteiger partial charge in [-0.25, -0.2) is 0 Å². The van der Waals surface area contributed by atoms with E-state index in [0.717, 1.165) is 0 Å². The van der Waals surface area contributed by atoms with Crippen molar-refractivity contribution in [1.29, 1.82) is 0 Å². The van der Waals surface area contributed by atoms with Crippen LogP contribution in [-0.2, 0) is 14.2 Å². The van der Waals surface area contributed by atoms with Gasteiger partial charge in [0.25, 0.3) is 0 Å². The monoisotopic (exact) mass is 386 g/mol. The van der Waals surface area contributed by atoms with Crippen molar-refractivity contribution in [1.82, 2.24) is 0 Å². The van der Waals surface area contributed by atoms with Crippen LogP contribution in [0.25, 0.3) is 0 Å². The number of aliphatic hydroxyl groups is 7. The average Bonchev–Trinajstić information content (AvgIpc) is 2.60. The maximum Gasteiger partial charge on any atom is 0.186 e. The van der Waals surface area contributed by atoms with Crippen molar-refractivity contribution >= 4 is 11.8 Å². The van der Waals surface area contributed by atoms with Gasteiger partial charge in [0, 0.05) is 0 Å². The molecule has 0 spiro atoms. The summed E-state index contributed by atoms with van der Waals surface area (Å²) in [5.74, 6) is 0.616. The molecule has 0 aromatic carbocycles. The summed E-state index contributed by atoms with van der Waals surface area (Å²) >= 11 is 1.25. The Hall–Kier alpha value is -0.0500. The van der Waals surface area contributed by atoms with Gasteiger partial charge in [-0.15, -0.1) is 11.8 Å². The molecule has 2 heterocycles. The first kappa shape index (κ1) is 21.3. The van der Waals surface area contributed by atoms with E-state index in [0.29, 0.717) is 5.75 Å². The SMILES string of the molecule is CCS[C@@H]1O[C@H](CO[C@@H]2O[C@H](CO)[C@H](O)[C@H](O)[C@H]2O)[C@@H](O)[C@H](O)[C@H]1O. The summed E-state index contributed by atoms with van der Waals surface area (Å²) in [6.45, 7) is 0.944. The molecule has 0 unspecified atom stereocenters. The van der Waals surface area contributed by atoms with Crippen LogP contribution >= 0.6 is 11.8 Å². The Balaban J connectivity index is 1.96. The van der Waals surface area contributed by atoms with E-state index in [2.05, 4.69) is 0 Å². The molecule has 25 heavy (non-hydrogen) atoms. The number of aliphatic hydroxyl groups excluding tert-OH is 7. The fourth-order valence-corrected chi connectivity index (χ4v) is 3.66. The zero-order valence-electron chi connectivity index (χ0n) is 13.7. The molecule has 0 saturated carbocycles. The van der Waals surface area contributed by atoms with E-state index in [-0.39, 0.29) is 6.61 Å². The lowest BCUT2D eigenvalue weighted by Gasteiger charge is -2.42. The molecule has 2 saturated heterocycles. The van der Waals surface area contributed by atoms with Crippen LogP contribution in [0.3, 0.4) is 0 Å². The molecule has 0 radical (unpaired) electrons. The second-order valence-corrected chi connectivity index (χ2v) is 7.38. The van der Waals surface area contributed by atoms with Crippen LogP contribution in [0.2, 0.25) is 0 Å². The standard InChI is InChI=1S/C14H26O10S/c1-2-25-14-12(21)10(19)8(17)6(24-14)4-22-13-11(20)9(18)7(16)5(3-15)23-13/h5-21H,2-4H2,1H3/t5-,6-,7+,8-,9+,10+,11-,12-,13-,14+/m1/s1. The Morgan fingerprint density at radius 1 is 0.800 bits per heavy atom. The molecular formula is C14H26O10S. The van der Waals surface area contributed by atoms with Crippen molar-refractivity contribution in [3.8, 4) is 0 Å². The lowest BCUT2D eigenvalue weighted by Crippen LogP contribution is -2.61. The van der Waals surface area contributed by atoms with E-state index in [1.807, 2.05) is 6.92 Å². The fourth-order valence-electron chi connectivity index (χ4n) is 2.75. The third-order valence-electron chi connectivity index (χ3n) is 4.27. The lowest BCUT2D eigenvalue weighted by molar-refractivity contribution is -0.311. The number of hydrogen-bond donors (Lipinski definition) is 7. The highest BCUT2D eigenvalue weighted by molar-refractivity contribution is 7.99. The van der Waals surface area contributed by atoms with Crippen LogP contribution in [-0.4, -0.2) is 115 Å². The van der Waals surface area contributed by atoms with E-state index >= 15 is 0 Å². The largest absolute Gasteiger partial charge is 0.394 e. The number of ether oxygens (including phenoxy) is 3. The molecule has 148 valence electrons. The topological polar surface area (TPSA) is 169 Å². The number of rotatable bonds is 6. The summed E-state index contributed by atoms with van der Waals surface area (Å²) < 4.78 is 16.0. The summed E-state index contributed by atoms with van der Waals surface area (Å²) in [7, 11) is 0. The third-order valence-corrected chi connectivity index (χ3v) is 5.32. The predicted molar refractivity (Wildman–Crippen MR) is 84.5 cm³/mol. The molecule has 0 aromatic heterocycles. The molecule has 11 heteroatoms. The zero-order valence-corrected chi connectivity index (χ0v) is 14.5. The summed E-state index contributed by atoms with van der Waals surface area (Å²) in [4.78, 5) is 0. The molecule has 2 fully saturated rings. The summed E-state index contributed by atoms with van der Waals surface area (Å²) in [5, 5.41) is 68.3. The Morgan fingerprint density at radius 3 is 2.00 bits per heavy atom. The summed E-state index contributed by atoms with van der Waals surface area (Å²) in [5.41, 5.74) is -0.758. The van der Waals surface area contributed by atoms with E-state index in [9.17, 15) is 30.6 Å². The maximum absolute atomic E-state index is 10.0. The van der Waals surface area contributed by atoms with Crippen molar-refractivity contribution in [3.63, 3.8) is 0 Å². The molecule has 0 aromatic rings. The first-order chi connectivity index (χ1) is 11.8. The Bertz CT molecular complexity index is 413. The van der Waals surface area contributed by atoms with Crippen LogP contribution in [0.15, 0.2) is 0 Å². The smallest absolute Gasteiger partial charge is 0.186 e. The molecule has 7 N–H and O–H groups in total. The van der Waals surface area contributed by atoms with Crippen molar-refractivity contribution in [3.05, 3.63) is 0 Å². The molecular weight excluding hydrogens is 360 g/mol. The van der Waals surface area contributed by atoms with Gasteiger partial charge in [0.2, 0.25) is 0 Å². The highest BCUT2D eigenvalue weighted by atomic mass is 32.2. The van der Waals surface area contributed by atoms with E-state index < -0.39 is 67.2 Å². The van der Waals surface area contributed by atoms with Crippen LogP contribution in [0.4, 0.5) is 0 Å². The Morgan fingerprint density at radius 2 is 1.40 bits per heavy atom. The minimum Gasteiger partial charge on any atom is -0.394 e. The first-order valence-electron chi connectivity index (χ1n) is 8.05. The van der Waals surface area contributed by atoms with Gasteiger partial charge in [0.1, 0.15) is 54.3 Å². The lowest BCUT2D eigenvalue weighted by atomic mass is 9.99. The molecule has 10 nitrogen and oxygen atoms in total. The molecule has 2 aliphatic rings. The van der Waals surface area contributed by atoms with Crippen molar-refractivity contribution < 1.29 is 50.0 Å². The molecule has 10 atom stereocenters. The maximum atomic E-state index is 10.0. The Kier molecular flexibility index (Phi) is 7.85. The van der Waals surface area contributed by atoms with E-state index in [4.69, 9.17) is 19.3 Å². The van der Waals surface area contributed by atoms with E-state index in [1.54, 1.807) is 0 Å². The van der Waals surface area contributed by atoms with Gasteiger partial charge in [-0.1, -0.05) is 6.92 Å².